The Morgan fingerprint density at radius 2 is 0.833 bits per heavy atom. The molecule has 30 heavy (non-hydrogen) atoms. The Labute approximate surface area is 180 Å². The first-order chi connectivity index (χ1) is 14.7. The fourth-order valence-electron chi connectivity index (χ4n) is 6.42. The molecule has 2 heteroatoms. The molecule has 0 spiro atoms. The number of hydrogen-bond donors (Lipinski definition) is 0. The van der Waals surface area contributed by atoms with E-state index in [0.29, 0.717) is 0 Å². The zero-order chi connectivity index (χ0) is 20.1. The number of alkyl halides is 2. The van der Waals surface area contributed by atoms with Gasteiger partial charge < -0.3 is 0 Å². The molecule has 0 radical (unpaired) electrons. The molecule has 0 aliphatic heterocycles. The molecule has 0 saturated carbocycles. The van der Waals surface area contributed by atoms with E-state index in [9.17, 15) is 0 Å². The maximum atomic E-state index is 17.9. The lowest BCUT2D eigenvalue weighted by Gasteiger charge is -2.55. The second-order valence-electron chi connectivity index (χ2n) is 8.64. The number of halogens is 2. The maximum Gasteiger partial charge on any atom is 0.172 e. The summed E-state index contributed by atoms with van der Waals surface area (Å²) >= 11 is 7.80. The monoisotopic (exact) mass is 408 g/mol. The highest BCUT2D eigenvalue weighted by atomic mass is 35.5. The predicted octanol–water partition coefficient (Wildman–Crippen LogP) is 6.99. The van der Waals surface area contributed by atoms with E-state index in [2.05, 4.69) is 36.4 Å². The van der Waals surface area contributed by atoms with Gasteiger partial charge in [-0.3, -0.25) is 0 Å². The lowest BCUT2D eigenvalue weighted by molar-refractivity contribution is 0.172. The van der Waals surface area contributed by atoms with Crippen LogP contribution in [-0.2, 0) is 10.5 Å². The molecule has 0 fully saturated rings. The van der Waals surface area contributed by atoms with Gasteiger partial charge in [0, 0.05) is 5.92 Å². The number of hydrogen-bond acceptors (Lipinski definition) is 0. The Morgan fingerprint density at radius 1 is 0.500 bits per heavy atom. The summed E-state index contributed by atoms with van der Waals surface area (Å²) in [4.78, 5) is -0.794. The molecular weight excluding hydrogens is 391 g/mol. The fraction of sp³-hybridized carbons (Fsp3) is 0.143. The van der Waals surface area contributed by atoms with Gasteiger partial charge in [-0.2, -0.15) is 0 Å². The van der Waals surface area contributed by atoms with E-state index in [1.165, 1.54) is 0 Å². The molecule has 0 amide bonds. The van der Waals surface area contributed by atoms with E-state index in [-0.39, 0.29) is 5.92 Å². The molecule has 6 aliphatic carbocycles. The molecule has 144 valence electrons. The molecule has 0 unspecified atom stereocenters. The molecule has 0 aromatic heterocycles. The molecular formula is C28H18ClF. The summed E-state index contributed by atoms with van der Waals surface area (Å²) in [6.07, 6.45) is 0. The van der Waals surface area contributed by atoms with Gasteiger partial charge in [0.2, 0.25) is 0 Å². The van der Waals surface area contributed by atoms with Gasteiger partial charge in [0.05, 0.1) is 5.92 Å². The Kier molecular flexibility index (Phi) is 3.04. The first-order valence-electron chi connectivity index (χ1n) is 10.4. The van der Waals surface area contributed by atoms with Gasteiger partial charge in [0.15, 0.2) is 5.67 Å². The third-order valence-corrected chi connectivity index (χ3v) is 8.08. The van der Waals surface area contributed by atoms with Crippen LogP contribution in [0.25, 0.3) is 0 Å². The topological polar surface area (TPSA) is 0 Å². The first-order valence-corrected chi connectivity index (χ1v) is 10.8. The van der Waals surface area contributed by atoms with Crippen molar-refractivity contribution in [2.45, 2.75) is 22.4 Å². The second-order valence-corrected chi connectivity index (χ2v) is 9.23. The van der Waals surface area contributed by atoms with Crippen molar-refractivity contribution in [3.63, 3.8) is 0 Å². The van der Waals surface area contributed by atoms with Gasteiger partial charge in [-0.15, -0.1) is 11.6 Å². The van der Waals surface area contributed by atoms with E-state index < -0.39 is 16.5 Å². The summed E-state index contributed by atoms with van der Waals surface area (Å²) in [6.45, 7) is 0. The van der Waals surface area contributed by atoms with Gasteiger partial charge in [0.1, 0.15) is 4.87 Å². The zero-order valence-electron chi connectivity index (χ0n) is 16.1. The second kappa shape index (κ2) is 5.42. The van der Waals surface area contributed by atoms with E-state index >= 15 is 4.39 Å². The highest BCUT2D eigenvalue weighted by Gasteiger charge is 2.62. The Bertz CT molecular complexity index is 1150. The van der Waals surface area contributed by atoms with Gasteiger partial charge in [-0.25, -0.2) is 4.39 Å². The molecule has 6 aliphatic rings. The van der Waals surface area contributed by atoms with E-state index in [4.69, 9.17) is 11.6 Å². The SMILES string of the molecule is FC12c3ccccc3C(c3ccccc31)C1(Cl)c3ccccc3C2c2ccccc21. The van der Waals surface area contributed by atoms with Crippen molar-refractivity contribution in [1.29, 1.82) is 0 Å². The van der Waals surface area contributed by atoms with Gasteiger partial charge in [-0.05, 0) is 44.5 Å². The first kappa shape index (κ1) is 16.8. The summed E-state index contributed by atoms with van der Waals surface area (Å²) in [6, 6.07) is 32.4. The third-order valence-electron chi connectivity index (χ3n) is 7.45. The molecule has 0 saturated heterocycles. The van der Waals surface area contributed by atoms with Crippen LogP contribution in [0, 0.1) is 0 Å². The van der Waals surface area contributed by atoms with Crippen molar-refractivity contribution in [2.75, 3.05) is 0 Å². The molecule has 10 rings (SSSR count). The van der Waals surface area contributed by atoms with E-state index in [1.807, 2.05) is 60.7 Å². The normalized spacial score (nSPS) is 29.3. The van der Waals surface area contributed by atoms with Crippen molar-refractivity contribution in [3.8, 4) is 0 Å². The molecule has 0 nitrogen and oxygen atoms in total. The smallest absolute Gasteiger partial charge is 0.172 e. The largest absolute Gasteiger partial charge is 0.232 e. The van der Waals surface area contributed by atoms with Gasteiger partial charge in [0.25, 0.3) is 0 Å². The Morgan fingerprint density at radius 3 is 1.27 bits per heavy atom. The van der Waals surface area contributed by atoms with Crippen LogP contribution in [0.1, 0.15) is 56.3 Å². The summed E-state index contributed by atoms with van der Waals surface area (Å²) in [5.41, 5.74) is 5.93. The van der Waals surface area contributed by atoms with Crippen LogP contribution >= 0.6 is 11.6 Å². The minimum absolute atomic E-state index is 0.168. The average molecular weight is 409 g/mol. The minimum atomic E-state index is -1.66. The molecule has 0 atom stereocenters. The van der Waals surface area contributed by atoms with E-state index in [1.54, 1.807) is 0 Å². The molecule has 0 N–H and O–H groups in total. The molecule has 4 bridgehead atoms. The van der Waals surface area contributed by atoms with Gasteiger partial charge in [-0.1, -0.05) is 97.1 Å². The van der Waals surface area contributed by atoms with Crippen molar-refractivity contribution in [1.82, 2.24) is 0 Å². The number of benzene rings is 4. The third kappa shape index (κ3) is 1.68. The molecule has 0 heterocycles. The Hall–Kier alpha value is -2.90. The summed E-state index contributed by atoms with van der Waals surface area (Å²) in [5, 5.41) is 0. The Balaban J connectivity index is 1.77. The highest BCUT2D eigenvalue weighted by Crippen LogP contribution is 2.69. The van der Waals surface area contributed by atoms with Crippen LogP contribution in [-0.4, -0.2) is 0 Å². The average Bonchev–Trinajstić information content (AvgIpc) is 2.79. The standard InChI is InChI=1S/C28H18ClF/c29-27-21-13-5-1-9-17(21)26(18-10-2-6-14-22(18)27)28(30)23-15-7-3-11-19(23)25(27)20-12-4-8-16-24(20)28/h1-16,25-26H. The summed E-state index contributed by atoms with van der Waals surface area (Å²) in [5.74, 6) is -0.612. The van der Waals surface area contributed by atoms with Crippen LogP contribution in [0.15, 0.2) is 97.1 Å². The summed E-state index contributed by atoms with van der Waals surface area (Å²) in [7, 11) is 0. The molecule has 4 aromatic rings. The predicted molar refractivity (Wildman–Crippen MR) is 118 cm³/mol. The van der Waals surface area contributed by atoms with Crippen LogP contribution in [0.4, 0.5) is 4.39 Å². The zero-order valence-corrected chi connectivity index (χ0v) is 16.9. The minimum Gasteiger partial charge on any atom is -0.232 e. The van der Waals surface area contributed by atoms with E-state index in [0.717, 1.165) is 44.5 Å². The molecule has 4 aromatic carbocycles. The van der Waals surface area contributed by atoms with Crippen molar-refractivity contribution in [2.24, 2.45) is 0 Å². The van der Waals surface area contributed by atoms with Crippen molar-refractivity contribution < 1.29 is 4.39 Å². The number of rotatable bonds is 0. The van der Waals surface area contributed by atoms with Crippen molar-refractivity contribution in [3.05, 3.63) is 142 Å². The fourth-order valence-corrected chi connectivity index (χ4v) is 7.00. The van der Waals surface area contributed by atoms with Crippen LogP contribution in [0.2, 0.25) is 0 Å². The lowest BCUT2D eigenvalue weighted by atomic mass is 9.51. The highest BCUT2D eigenvalue weighted by molar-refractivity contribution is 6.27. The van der Waals surface area contributed by atoms with Crippen LogP contribution < -0.4 is 0 Å². The lowest BCUT2D eigenvalue weighted by Crippen LogP contribution is -2.49. The maximum absolute atomic E-state index is 17.9. The van der Waals surface area contributed by atoms with Crippen molar-refractivity contribution >= 4 is 11.6 Å². The summed E-state index contributed by atoms with van der Waals surface area (Å²) < 4.78 is 17.9. The van der Waals surface area contributed by atoms with Crippen LogP contribution in [0.5, 0.6) is 0 Å². The van der Waals surface area contributed by atoms with Crippen LogP contribution in [0.3, 0.4) is 0 Å². The van der Waals surface area contributed by atoms with Gasteiger partial charge >= 0.3 is 0 Å². The quantitative estimate of drug-likeness (QED) is 0.275.